The van der Waals surface area contributed by atoms with Crippen molar-refractivity contribution in [3.05, 3.63) is 64.5 Å². The summed E-state index contributed by atoms with van der Waals surface area (Å²) in [4.78, 5) is 0. The molecule has 0 aliphatic rings. The maximum atomic E-state index is 14.7. The third-order valence-electron chi connectivity index (χ3n) is 4.19. The van der Waals surface area contributed by atoms with Gasteiger partial charge < -0.3 is 14.4 Å². The van der Waals surface area contributed by atoms with Gasteiger partial charge in [-0.1, -0.05) is 35.9 Å². The molecule has 0 spiro atoms. The van der Waals surface area contributed by atoms with E-state index in [9.17, 15) is 8.96 Å². The van der Waals surface area contributed by atoms with Crippen LogP contribution in [0.4, 0.5) is 10.1 Å². The lowest BCUT2D eigenvalue weighted by atomic mass is 10.0. The molecule has 4 nitrogen and oxygen atoms in total. The third kappa shape index (κ3) is 5.44. The van der Waals surface area contributed by atoms with E-state index >= 15 is 0 Å². The number of hydrogen-bond acceptors (Lipinski definition) is 4. The molecule has 0 aliphatic carbocycles. The first kappa shape index (κ1) is 22.6. The number of aryl methyl sites for hydroxylation is 3. The zero-order chi connectivity index (χ0) is 21.1. The van der Waals surface area contributed by atoms with E-state index in [0.717, 1.165) is 22.4 Å². The molecule has 0 bridgehead atoms. The predicted octanol–water partition coefficient (Wildman–Crippen LogP) is 6.90. The van der Waals surface area contributed by atoms with Gasteiger partial charge in [0.05, 0.1) is 12.2 Å². The van der Waals surface area contributed by atoms with E-state index in [4.69, 9.17) is 9.05 Å². The molecule has 28 heavy (non-hydrogen) atoms. The molecule has 1 unspecified atom stereocenters. The van der Waals surface area contributed by atoms with E-state index < -0.39 is 19.2 Å². The summed E-state index contributed by atoms with van der Waals surface area (Å²) < 4.78 is 40.2. The Morgan fingerprint density at radius 3 is 1.89 bits per heavy atom. The second kappa shape index (κ2) is 9.21. The van der Waals surface area contributed by atoms with Crippen LogP contribution in [-0.4, -0.2) is 12.2 Å². The van der Waals surface area contributed by atoms with E-state index in [0.29, 0.717) is 0 Å². The number of hydrogen-bond donors (Lipinski definition) is 1. The van der Waals surface area contributed by atoms with Crippen LogP contribution in [0.25, 0.3) is 0 Å². The second-order valence-corrected chi connectivity index (χ2v) is 9.71. The molecule has 0 amide bonds. The number of benzene rings is 2. The van der Waals surface area contributed by atoms with Crippen molar-refractivity contribution in [2.75, 3.05) is 5.32 Å². The minimum absolute atomic E-state index is 0.256. The number of anilines is 1. The minimum Gasteiger partial charge on any atom is -0.367 e. The van der Waals surface area contributed by atoms with Crippen molar-refractivity contribution in [3.8, 4) is 0 Å². The highest BCUT2D eigenvalue weighted by atomic mass is 31.2. The first-order chi connectivity index (χ1) is 13.0. The molecule has 0 saturated carbocycles. The smallest absolute Gasteiger partial charge is 0.357 e. The Kier molecular flexibility index (Phi) is 7.44. The van der Waals surface area contributed by atoms with Gasteiger partial charge in [0.15, 0.2) is 5.78 Å². The standard InChI is InChI=1S/C22H31FNO3P/c1-14(2)26-28(25,27-15(3)4)22(19-10-8-9-11-20(19)23)24-21-17(6)12-16(5)13-18(21)7/h8-15,22,24H,1-7H3. The Morgan fingerprint density at radius 1 is 0.929 bits per heavy atom. The molecule has 0 fully saturated rings. The zero-order valence-electron chi connectivity index (χ0n) is 17.7. The highest BCUT2D eigenvalue weighted by molar-refractivity contribution is 7.54. The molecule has 154 valence electrons. The molecule has 0 radical (unpaired) electrons. The Bertz CT molecular complexity index is 830. The third-order valence-corrected chi connectivity index (χ3v) is 6.66. The predicted molar refractivity (Wildman–Crippen MR) is 113 cm³/mol. The molecule has 1 N–H and O–H groups in total. The Balaban J connectivity index is 2.63. The average Bonchev–Trinajstić information content (AvgIpc) is 2.53. The van der Waals surface area contributed by atoms with Gasteiger partial charge in [-0.3, -0.25) is 4.57 Å². The summed E-state index contributed by atoms with van der Waals surface area (Å²) in [5.41, 5.74) is 4.16. The van der Waals surface area contributed by atoms with Crippen LogP contribution in [0.1, 0.15) is 55.7 Å². The zero-order valence-corrected chi connectivity index (χ0v) is 18.6. The van der Waals surface area contributed by atoms with E-state index in [1.165, 1.54) is 6.07 Å². The van der Waals surface area contributed by atoms with Gasteiger partial charge in [-0.15, -0.1) is 0 Å². The Hall–Kier alpha value is -1.68. The lowest BCUT2D eigenvalue weighted by Gasteiger charge is -2.32. The van der Waals surface area contributed by atoms with Gasteiger partial charge in [0, 0.05) is 11.3 Å². The quantitative estimate of drug-likeness (QED) is 0.483. The number of halogens is 1. The van der Waals surface area contributed by atoms with Crippen molar-refractivity contribution in [3.63, 3.8) is 0 Å². The minimum atomic E-state index is -3.76. The van der Waals surface area contributed by atoms with Gasteiger partial charge in [-0.2, -0.15) is 0 Å². The Morgan fingerprint density at radius 2 is 1.43 bits per heavy atom. The van der Waals surface area contributed by atoms with Crippen molar-refractivity contribution < 1.29 is 18.0 Å². The van der Waals surface area contributed by atoms with Crippen molar-refractivity contribution in [1.29, 1.82) is 0 Å². The van der Waals surface area contributed by atoms with Crippen LogP contribution in [0.5, 0.6) is 0 Å². The van der Waals surface area contributed by atoms with Crippen LogP contribution in [0.3, 0.4) is 0 Å². The number of nitrogens with one attached hydrogen (secondary N) is 1. The molecule has 1 atom stereocenters. The summed E-state index contributed by atoms with van der Waals surface area (Å²) in [5, 5.41) is 3.30. The molecular weight excluding hydrogens is 376 g/mol. The summed E-state index contributed by atoms with van der Waals surface area (Å²) in [7, 11) is -3.76. The van der Waals surface area contributed by atoms with Gasteiger partial charge in [0.2, 0.25) is 0 Å². The first-order valence-corrected chi connectivity index (χ1v) is 11.2. The van der Waals surface area contributed by atoms with Gasteiger partial charge in [0.1, 0.15) is 5.82 Å². The molecule has 2 aromatic rings. The number of rotatable bonds is 8. The fraction of sp³-hybridized carbons (Fsp3) is 0.455. The summed E-state index contributed by atoms with van der Waals surface area (Å²) in [6.45, 7) is 13.1. The molecule has 0 saturated heterocycles. The largest absolute Gasteiger partial charge is 0.367 e. The van der Waals surface area contributed by atoms with Gasteiger partial charge in [-0.05, 0) is 65.7 Å². The molecule has 6 heteroatoms. The van der Waals surface area contributed by atoms with Gasteiger partial charge in [0.25, 0.3) is 0 Å². The topological polar surface area (TPSA) is 47.6 Å². The molecular formula is C22H31FNO3P. The van der Waals surface area contributed by atoms with Crippen molar-refractivity contribution in [2.24, 2.45) is 0 Å². The van der Waals surface area contributed by atoms with E-state index in [1.807, 2.05) is 32.9 Å². The summed E-state index contributed by atoms with van der Waals surface area (Å²) >= 11 is 0. The summed E-state index contributed by atoms with van der Waals surface area (Å²) in [5.74, 6) is -1.43. The highest BCUT2D eigenvalue weighted by Crippen LogP contribution is 2.62. The SMILES string of the molecule is Cc1cc(C)c(NC(c2ccccc2F)P(=O)(OC(C)C)OC(C)C)c(C)c1. The fourth-order valence-electron chi connectivity index (χ4n) is 3.30. The van der Waals surface area contributed by atoms with Crippen LogP contribution in [0.2, 0.25) is 0 Å². The van der Waals surface area contributed by atoms with Crippen LogP contribution in [-0.2, 0) is 13.6 Å². The van der Waals surface area contributed by atoms with E-state index in [-0.39, 0.29) is 17.8 Å². The van der Waals surface area contributed by atoms with Gasteiger partial charge >= 0.3 is 7.60 Å². The summed E-state index contributed by atoms with van der Waals surface area (Å²) in [6, 6.07) is 10.4. The van der Waals surface area contributed by atoms with Crippen molar-refractivity contribution >= 4 is 13.3 Å². The average molecular weight is 407 g/mol. The molecule has 0 aromatic heterocycles. The molecule has 2 rings (SSSR count). The lowest BCUT2D eigenvalue weighted by Crippen LogP contribution is -2.21. The fourth-order valence-corrected chi connectivity index (χ4v) is 5.61. The van der Waals surface area contributed by atoms with Gasteiger partial charge in [-0.25, -0.2) is 4.39 Å². The second-order valence-electron chi connectivity index (χ2n) is 7.69. The van der Waals surface area contributed by atoms with Crippen LogP contribution in [0, 0.1) is 26.6 Å². The molecule has 2 aromatic carbocycles. The highest BCUT2D eigenvalue weighted by Gasteiger charge is 2.41. The van der Waals surface area contributed by atoms with Crippen LogP contribution < -0.4 is 5.32 Å². The summed E-state index contributed by atoms with van der Waals surface area (Å²) in [6.07, 6.45) is -0.693. The Labute approximate surface area is 168 Å². The van der Waals surface area contributed by atoms with E-state index in [1.54, 1.807) is 45.9 Å². The monoisotopic (exact) mass is 407 g/mol. The maximum absolute atomic E-state index is 14.7. The van der Waals surface area contributed by atoms with Crippen molar-refractivity contribution in [1.82, 2.24) is 0 Å². The maximum Gasteiger partial charge on any atom is 0.357 e. The van der Waals surface area contributed by atoms with Crippen molar-refractivity contribution in [2.45, 2.75) is 66.5 Å². The normalized spacial score (nSPS) is 13.2. The lowest BCUT2D eigenvalue weighted by molar-refractivity contribution is 0.137. The molecule has 0 aliphatic heterocycles. The van der Waals surface area contributed by atoms with Crippen LogP contribution >= 0.6 is 7.60 Å². The van der Waals surface area contributed by atoms with E-state index in [2.05, 4.69) is 5.32 Å². The molecule has 0 heterocycles. The first-order valence-electron chi connectivity index (χ1n) is 9.59. The van der Waals surface area contributed by atoms with Crippen LogP contribution in [0.15, 0.2) is 36.4 Å².